The Morgan fingerprint density at radius 3 is 2.19 bits per heavy atom. The summed E-state index contributed by atoms with van der Waals surface area (Å²) >= 11 is 0. The predicted octanol–water partition coefficient (Wildman–Crippen LogP) is 2.09. The van der Waals surface area contributed by atoms with Gasteiger partial charge in [0.05, 0.1) is 23.9 Å². The summed E-state index contributed by atoms with van der Waals surface area (Å²) in [5.41, 5.74) is 1.19. The predicted molar refractivity (Wildman–Crippen MR) is 84.5 cm³/mol. The van der Waals surface area contributed by atoms with E-state index in [0.29, 0.717) is 24.7 Å². The zero-order chi connectivity index (χ0) is 15.5. The average molecular weight is 311 g/mol. The number of rotatable bonds is 4. The highest BCUT2D eigenvalue weighted by Gasteiger charge is 2.19. The Hall–Kier alpha value is -0.910. The molecular weight excluding hydrogens is 286 g/mol. The van der Waals surface area contributed by atoms with Crippen LogP contribution >= 0.6 is 0 Å². The van der Waals surface area contributed by atoms with Gasteiger partial charge in [-0.3, -0.25) is 4.90 Å². The van der Waals surface area contributed by atoms with Crippen molar-refractivity contribution in [2.45, 2.75) is 31.1 Å². The van der Waals surface area contributed by atoms with Crippen molar-refractivity contribution in [3.05, 3.63) is 29.8 Å². The summed E-state index contributed by atoms with van der Waals surface area (Å²) in [7, 11) is -3.20. The van der Waals surface area contributed by atoms with Crippen molar-refractivity contribution in [2.24, 2.45) is 0 Å². The molecular formula is C16H25NO3S. The Morgan fingerprint density at radius 1 is 1.10 bits per heavy atom. The molecule has 1 aromatic carbocycles. The van der Waals surface area contributed by atoms with Gasteiger partial charge in [0, 0.05) is 19.6 Å². The average Bonchev–Trinajstić information content (AvgIpc) is 2.46. The molecule has 1 aliphatic heterocycles. The fraction of sp³-hybridized carbons (Fsp3) is 0.625. The van der Waals surface area contributed by atoms with Crippen LogP contribution in [0.1, 0.15) is 26.3 Å². The van der Waals surface area contributed by atoms with Crippen LogP contribution in [0.4, 0.5) is 0 Å². The highest BCUT2D eigenvalue weighted by Crippen LogP contribution is 2.23. The zero-order valence-electron chi connectivity index (χ0n) is 13.1. The molecule has 0 aliphatic carbocycles. The second kappa shape index (κ2) is 6.46. The van der Waals surface area contributed by atoms with Crippen LogP contribution in [0.5, 0.6) is 0 Å². The van der Waals surface area contributed by atoms with E-state index in [1.54, 1.807) is 12.1 Å². The van der Waals surface area contributed by atoms with Gasteiger partial charge in [-0.25, -0.2) is 8.42 Å². The molecule has 1 aliphatic rings. The molecule has 0 unspecified atom stereocenters. The number of morpholine rings is 1. The van der Waals surface area contributed by atoms with E-state index in [2.05, 4.69) is 25.7 Å². The van der Waals surface area contributed by atoms with Crippen LogP contribution < -0.4 is 0 Å². The van der Waals surface area contributed by atoms with Crippen LogP contribution in [0.3, 0.4) is 0 Å². The Bertz CT molecular complexity index is 552. The van der Waals surface area contributed by atoms with Gasteiger partial charge in [-0.1, -0.05) is 32.9 Å². The summed E-state index contributed by atoms with van der Waals surface area (Å²) in [6, 6.07) is 7.30. The molecule has 21 heavy (non-hydrogen) atoms. The lowest BCUT2D eigenvalue weighted by atomic mass is 9.87. The monoisotopic (exact) mass is 311 g/mol. The van der Waals surface area contributed by atoms with Crippen molar-refractivity contribution in [1.29, 1.82) is 0 Å². The van der Waals surface area contributed by atoms with E-state index in [4.69, 9.17) is 4.74 Å². The summed E-state index contributed by atoms with van der Waals surface area (Å²) in [6.45, 7) is 9.96. The Kier molecular flexibility index (Phi) is 5.07. The van der Waals surface area contributed by atoms with Gasteiger partial charge in [0.1, 0.15) is 0 Å². The molecule has 4 nitrogen and oxygen atoms in total. The minimum atomic E-state index is -3.20. The zero-order valence-corrected chi connectivity index (χ0v) is 13.9. The molecule has 0 amide bonds. The molecule has 0 radical (unpaired) electrons. The van der Waals surface area contributed by atoms with Crippen LogP contribution in [0, 0.1) is 0 Å². The molecule has 0 atom stereocenters. The van der Waals surface area contributed by atoms with Crippen molar-refractivity contribution in [3.8, 4) is 0 Å². The van der Waals surface area contributed by atoms with E-state index in [1.165, 1.54) is 0 Å². The van der Waals surface area contributed by atoms with E-state index in [9.17, 15) is 8.42 Å². The van der Waals surface area contributed by atoms with Crippen molar-refractivity contribution < 1.29 is 13.2 Å². The van der Waals surface area contributed by atoms with Crippen LogP contribution in [0.25, 0.3) is 0 Å². The lowest BCUT2D eigenvalue weighted by Crippen LogP contribution is -2.39. The van der Waals surface area contributed by atoms with Gasteiger partial charge in [0.15, 0.2) is 9.84 Å². The summed E-state index contributed by atoms with van der Waals surface area (Å²) < 4.78 is 30.0. The second-order valence-corrected chi connectivity index (χ2v) is 8.66. The van der Waals surface area contributed by atoms with E-state index < -0.39 is 9.84 Å². The Labute approximate surface area is 128 Å². The first kappa shape index (κ1) is 16.5. The maximum atomic E-state index is 12.4. The van der Waals surface area contributed by atoms with E-state index in [-0.39, 0.29) is 11.2 Å². The Balaban J connectivity index is 2.01. The quantitative estimate of drug-likeness (QED) is 0.854. The highest BCUT2D eigenvalue weighted by atomic mass is 32.2. The van der Waals surface area contributed by atoms with Crippen LogP contribution in [-0.2, 0) is 20.0 Å². The maximum Gasteiger partial charge on any atom is 0.179 e. The van der Waals surface area contributed by atoms with Crippen molar-refractivity contribution in [1.82, 2.24) is 4.90 Å². The number of ether oxygens (including phenoxy) is 1. The topological polar surface area (TPSA) is 46.6 Å². The summed E-state index contributed by atoms with van der Waals surface area (Å²) in [5, 5.41) is 0. The van der Waals surface area contributed by atoms with Gasteiger partial charge in [-0.2, -0.15) is 0 Å². The molecule has 1 fully saturated rings. The number of benzene rings is 1. The summed E-state index contributed by atoms with van der Waals surface area (Å²) in [4.78, 5) is 2.56. The van der Waals surface area contributed by atoms with Gasteiger partial charge < -0.3 is 4.74 Å². The third-order valence-electron chi connectivity index (χ3n) is 3.86. The molecule has 5 heteroatoms. The van der Waals surface area contributed by atoms with Crippen molar-refractivity contribution in [3.63, 3.8) is 0 Å². The molecule has 1 aromatic rings. The van der Waals surface area contributed by atoms with Crippen molar-refractivity contribution in [2.75, 3.05) is 38.6 Å². The number of hydrogen-bond donors (Lipinski definition) is 0. The molecule has 0 bridgehead atoms. The van der Waals surface area contributed by atoms with Crippen LogP contribution in [0.15, 0.2) is 29.2 Å². The molecule has 118 valence electrons. The lowest BCUT2D eigenvalue weighted by Gasteiger charge is -2.26. The molecule has 1 heterocycles. The fourth-order valence-electron chi connectivity index (χ4n) is 2.35. The van der Waals surface area contributed by atoms with E-state index >= 15 is 0 Å². The smallest absolute Gasteiger partial charge is 0.179 e. The van der Waals surface area contributed by atoms with Gasteiger partial charge >= 0.3 is 0 Å². The molecule has 0 N–H and O–H groups in total. The third kappa shape index (κ3) is 4.53. The van der Waals surface area contributed by atoms with Gasteiger partial charge in [0.25, 0.3) is 0 Å². The minimum absolute atomic E-state index is 0.0378. The normalized spacial score (nSPS) is 17.9. The first-order valence-electron chi connectivity index (χ1n) is 7.42. The summed E-state index contributed by atoms with van der Waals surface area (Å²) in [6.07, 6.45) is 0. The SMILES string of the molecule is CC(C)(C)c1ccc(S(=O)(=O)CCN2CCOCC2)cc1. The second-order valence-electron chi connectivity index (χ2n) is 6.55. The number of hydrogen-bond acceptors (Lipinski definition) is 4. The van der Waals surface area contributed by atoms with Gasteiger partial charge in [0.2, 0.25) is 0 Å². The first-order valence-corrected chi connectivity index (χ1v) is 9.08. The minimum Gasteiger partial charge on any atom is -0.379 e. The largest absolute Gasteiger partial charge is 0.379 e. The van der Waals surface area contributed by atoms with Gasteiger partial charge in [-0.05, 0) is 23.1 Å². The molecule has 2 rings (SSSR count). The van der Waals surface area contributed by atoms with Crippen molar-refractivity contribution >= 4 is 9.84 Å². The van der Waals surface area contributed by atoms with E-state index in [1.807, 2.05) is 12.1 Å². The number of nitrogens with zero attached hydrogens (tertiary/aromatic N) is 1. The van der Waals surface area contributed by atoms with Crippen LogP contribution in [-0.4, -0.2) is 51.9 Å². The molecule has 0 aromatic heterocycles. The third-order valence-corrected chi connectivity index (χ3v) is 5.57. The summed E-state index contributed by atoms with van der Waals surface area (Å²) in [5.74, 6) is 0.169. The van der Waals surface area contributed by atoms with Crippen LogP contribution in [0.2, 0.25) is 0 Å². The molecule has 0 saturated carbocycles. The first-order chi connectivity index (χ1) is 9.79. The number of sulfone groups is 1. The maximum absolute atomic E-state index is 12.4. The molecule has 1 saturated heterocycles. The van der Waals surface area contributed by atoms with E-state index in [0.717, 1.165) is 18.7 Å². The van der Waals surface area contributed by atoms with Gasteiger partial charge in [-0.15, -0.1) is 0 Å². The Morgan fingerprint density at radius 2 is 1.67 bits per heavy atom. The lowest BCUT2D eigenvalue weighted by molar-refractivity contribution is 0.0408. The highest BCUT2D eigenvalue weighted by molar-refractivity contribution is 7.91. The standard InChI is InChI=1S/C16H25NO3S/c1-16(2,3)14-4-6-15(7-5-14)21(18,19)13-10-17-8-11-20-12-9-17/h4-7H,8-13H2,1-3H3. The molecule has 0 spiro atoms. The fourth-order valence-corrected chi connectivity index (χ4v) is 3.64.